The lowest BCUT2D eigenvalue weighted by Gasteiger charge is -2.44. The normalized spacial score (nSPS) is 23.0. The van der Waals surface area contributed by atoms with E-state index in [1.165, 1.54) is 48.8 Å². The summed E-state index contributed by atoms with van der Waals surface area (Å²) in [4.78, 5) is 0. The highest BCUT2D eigenvalue weighted by Gasteiger charge is 2.38. The molecule has 1 nitrogen and oxygen atoms in total. The van der Waals surface area contributed by atoms with Gasteiger partial charge in [0.25, 0.3) is 0 Å². The number of rotatable bonds is 5. The van der Waals surface area contributed by atoms with Gasteiger partial charge in [0.15, 0.2) is 0 Å². The third kappa shape index (κ3) is 3.88. The van der Waals surface area contributed by atoms with Crippen LogP contribution in [0.15, 0.2) is 18.2 Å². The van der Waals surface area contributed by atoms with Crippen molar-refractivity contribution in [3.05, 3.63) is 34.9 Å². The van der Waals surface area contributed by atoms with Gasteiger partial charge in [-0.2, -0.15) is 0 Å². The van der Waals surface area contributed by atoms with Crippen LogP contribution >= 0.6 is 0 Å². The van der Waals surface area contributed by atoms with E-state index >= 15 is 0 Å². The Morgan fingerprint density at radius 1 is 1.24 bits per heavy atom. The second-order valence-electron chi connectivity index (χ2n) is 7.63. The molecule has 2 atom stereocenters. The fourth-order valence-corrected chi connectivity index (χ4v) is 4.08. The minimum absolute atomic E-state index is 0.445. The van der Waals surface area contributed by atoms with Crippen molar-refractivity contribution in [1.29, 1.82) is 0 Å². The second kappa shape index (κ2) is 6.96. The average molecular weight is 287 g/mol. The van der Waals surface area contributed by atoms with Gasteiger partial charge in [-0.3, -0.25) is 0 Å². The topological polar surface area (TPSA) is 12.0 Å². The highest BCUT2D eigenvalue weighted by molar-refractivity contribution is 5.33. The van der Waals surface area contributed by atoms with E-state index in [2.05, 4.69) is 58.1 Å². The van der Waals surface area contributed by atoms with Crippen LogP contribution in [0.3, 0.4) is 0 Å². The number of nitrogens with one attached hydrogen (secondary N) is 1. The molecule has 1 N–H and O–H groups in total. The summed E-state index contributed by atoms with van der Waals surface area (Å²) < 4.78 is 0. The van der Waals surface area contributed by atoms with Crippen molar-refractivity contribution in [3.63, 3.8) is 0 Å². The molecule has 1 heteroatoms. The molecule has 1 fully saturated rings. The van der Waals surface area contributed by atoms with Gasteiger partial charge in [-0.15, -0.1) is 0 Å². The molecule has 0 saturated heterocycles. The van der Waals surface area contributed by atoms with Gasteiger partial charge < -0.3 is 5.32 Å². The molecule has 0 bridgehead atoms. The van der Waals surface area contributed by atoms with Crippen molar-refractivity contribution >= 4 is 0 Å². The summed E-state index contributed by atoms with van der Waals surface area (Å²) in [6, 6.07) is 7.49. The molecule has 2 rings (SSSR count). The summed E-state index contributed by atoms with van der Waals surface area (Å²) in [6.45, 7) is 12.8. The molecule has 0 heterocycles. The van der Waals surface area contributed by atoms with Crippen LogP contribution in [-0.2, 0) is 0 Å². The van der Waals surface area contributed by atoms with Crippen molar-refractivity contribution in [2.75, 3.05) is 6.54 Å². The number of aryl methyl sites for hydroxylation is 2. The fourth-order valence-electron chi connectivity index (χ4n) is 4.08. The third-order valence-electron chi connectivity index (χ3n) is 5.37. The lowest BCUT2D eigenvalue weighted by Crippen LogP contribution is -2.39. The number of hydrogen-bond acceptors (Lipinski definition) is 1. The van der Waals surface area contributed by atoms with Crippen molar-refractivity contribution in [2.24, 2.45) is 11.3 Å². The van der Waals surface area contributed by atoms with Crippen LogP contribution in [0.5, 0.6) is 0 Å². The summed E-state index contributed by atoms with van der Waals surface area (Å²) in [5.41, 5.74) is 4.79. The number of benzene rings is 1. The molecule has 0 amide bonds. The maximum Gasteiger partial charge on any atom is 0.0356 e. The third-order valence-corrected chi connectivity index (χ3v) is 5.37. The minimum atomic E-state index is 0.445. The van der Waals surface area contributed by atoms with Gasteiger partial charge in [0.05, 0.1) is 0 Å². The molecule has 21 heavy (non-hydrogen) atoms. The quantitative estimate of drug-likeness (QED) is 0.747. The molecule has 1 aliphatic carbocycles. The van der Waals surface area contributed by atoms with E-state index in [-0.39, 0.29) is 0 Å². The van der Waals surface area contributed by atoms with Gasteiger partial charge in [-0.1, -0.05) is 57.4 Å². The lowest BCUT2D eigenvalue weighted by atomic mass is 9.64. The SMILES string of the molecule is CCCNC(c1ccc(C)cc1C)C1CCCCC1(C)C. The van der Waals surface area contributed by atoms with Crippen molar-refractivity contribution < 1.29 is 0 Å². The molecule has 0 radical (unpaired) electrons. The first-order valence-corrected chi connectivity index (χ1v) is 8.76. The Bertz CT molecular complexity index is 461. The maximum atomic E-state index is 3.87. The molecule has 0 aliphatic heterocycles. The fraction of sp³-hybridized carbons (Fsp3) is 0.700. The van der Waals surface area contributed by atoms with Gasteiger partial charge in [-0.25, -0.2) is 0 Å². The van der Waals surface area contributed by atoms with Crippen molar-refractivity contribution in [1.82, 2.24) is 5.32 Å². The summed E-state index contributed by atoms with van der Waals surface area (Å²) in [7, 11) is 0. The summed E-state index contributed by atoms with van der Waals surface area (Å²) in [5, 5.41) is 3.87. The van der Waals surface area contributed by atoms with E-state index in [0.29, 0.717) is 11.5 Å². The molecule has 1 aliphatic rings. The Morgan fingerprint density at radius 2 is 2.00 bits per heavy atom. The Morgan fingerprint density at radius 3 is 2.62 bits per heavy atom. The van der Waals surface area contributed by atoms with E-state index in [0.717, 1.165) is 12.5 Å². The summed E-state index contributed by atoms with van der Waals surface area (Å²) in [6.07, 6.45) is 6.73. The predicted octanol–water partition coefficient (Wildman–Crippen LogP) is 5.56. The second-order valence-corrected chi connectivity index (χ2v) is 7.63. The van der Waals surface area contributed by atoms with E-state index in [4.69, 9.17) is 0 Å². The summed E-state index contributed by atoms with van der Waals surface area (Å²) >= 11 is 0. The van der Waals surface area contributed by atoms with E-state index in [1.807, 2.05) is 0 Å². The van der Waals surface area contributed by atoms with Gasteiger partial charge in [0, 0.05) is 6.04 Å². The maximum absolute atomic E-state index is 3.87. The first-order chi connectivity index (χ1) is 9.95. The zero-order chi connectivity index (χ0) is 15.5. The zero-order valence-corrected chi connectivity index (χ0v) is 14.6. The highest BCUT2D eigenvalue weighted by Crippen LogP contribution is 2.47. The van der Waals surface area contributed by atoms with Crippen LogP contribution in [0.1, 0.15) is 75.6 Å². The van der Waals surface area contributed by atoms with E-state index in [9.17, 15) is 0 Å². The van der Waals surface area contributed by atoms with E-state index in [1.54, 1.807) is 0 Å². The Hall–Kier alpha value is -0.820. The lowest BCUT2D eigenvalue weighted by molar-refractivity contribution is 0.0979. The van der Waals surface area contributed by atoms with Crippen LogP contribution in [0.2, 0.25) is 0 Å². The Balaban J connectivity index is 2.32. The summed E-state index contributed by atoms with van der Waals surface area (Å²) in [5.74, 6) is 0.749. The molecule has 1 aromatic carbocycles. The molecule has 0 aromatic heterocycles. The molecule has 0 spiro atoms. The van der Waals surface area contributed by atoms with Crippen LogP contribution in [-0.4, -0.2) is 6.54 Å². The largest absolute Gasteiger partial charge is 0.310 e. The molecule has 1 saturated carbocycles. The van der Waals surface area contributed by atoms with Gasteiger partial charge in [-0.05, 0) is 62.1 Å². The molecular weight excluding hydrogens is 254 g/mol. The van der Waals surface area contributed by atoms with Crippen molar-refractivity contribution in [3.8, 4) is 0 Å². The van der Waals surface area contributed by atoms with Gasteiger partial charge in [0.2, 0.25) is 0 Å². The van der Waals surface area contributed by atoms with Gasteiger partial charge >= 0.3 is 0 Å². The first kappa shape index (κ1) is 16.5. The predicted molar refractivity (Wildman–Crippen MR) is 92.7 cm³/mol. The average Bonchev–Trinajstić information content (AvgIpc) is 2.42. The highest BCUT2D eigenvalue weighted by atomic mass is 14.9. The standard InChI is InChI=1S/C20H33N/c1-6-13-21-19(17-11-10-15(2)14-16(17)3)18-9-7-8-12-20(18,4)5/h10-11,14,18-19,21H,6-9,12-13H2,1-5H3. The molecule has 2 unspecified atom stereocenters. The number of hydrogen-bond donors (Lipinski definition) is 1. The Labute approximate surface area is 131 Å². The van der Waals surface area contributed by atoms with Crippen molar-refractivity contribution in [2.45, 2.75) is 72.8 Å². The molecular formula is C20H33N. The molecule has 1 aromatic rings. The smallest absolute Gasteiger partial charge is 0.0356 e. The van der Waals surface area contributed by atoms with Gasteiger partial charge in [0.1, 0.15) is 0 Å². The minimum Gasteiger partial charge on any atom is -0.310 e. The van der Waals surface area contributed by atoms with Crippen LogP contribution < -0.4 is 5.32 Å². The van der Waals surface area contributed by atoms with Crippen LogP contribution in [0.25, 0.3) is 0 Å². The first-order valence-electron chi connectivity index (χ1n) is 8.76. The Kier molecular flexibility index (Phi) is 5.48. The van der Waals surface area contributed by atoms with E-state index < -0.39 is 0 Å². The van der Waals surface area contributed by atoms with Crippen LogP contribution in [0.4, 0.5) is 0 Å². The molecule has 118 valence electrons. The van der Waals surface area contributed by atoms with Crippen LogP contribution in [0, 0.1) is 25.2 Å². The monoisotopic (exact) mass is 287 g/mol. The zero-order valence-electron chi connectivity index (χ0n) is 14.6.